The number of piperazine rings is 1. The quantitative estimate of drug-likeness (QED) is 0.495. The molecule has 1 aliphatic heterocycles. The van der Waals surface area contributed by atoms with Crippen molar-refractivity contribution in [2.24, 2.45) is 0 Å². The van der Waals surface area contributed by atoms with Crippen LogP contribution in [-0.2, 0) is 26.2 Å². The van der Waals surface area contributed by atoms with Gasteiger partial charge in [-0.1, -0.05) is 42.5 Å². The van der Waals surface area contributed by atoms with Crippen LogP contribution in [0.1, 0.15) is 12.5 Å². The van der Waals surface area contributed by atoms with E-state index in [0.717, 1.165) is 36.2 Å². The van der Waals surface area contributed by atoms with Crippen molar-refractivity contribution in [2.45, 2.75) is 18.4 Å². The monoisotopic (exact) mass is 500 g/mol. The largest absolute Gasteiger partial charge is 0.494 e. The molecule has 0 saturated carbocycles. The maximum Gasteiger partial charge on any atom is 0.414 e. The number of nitrogens with zero attached hydrogens (tertiary/aromatic N) is 2. The van der Waals surface area contributed by atoms with Gasteiger partial charge in [0.2, 0.25) is 10.0 Å². The minimum atomic E-state index is -3.47. The first-order valence-electron chi connectivity index (χ1n) is 11.1. The number of aliphatic carboxylic acids is 2. The summed E-state index contributed by atoms with van der Waals surface area (Å²) in [5.74, 6) is -2.77. The third kappa shape index (κ3) is 7.01. The van der Waals surface area contributed by atoms with E-state index in [4.69, 9.17) is 24.5 Å². The van der Waals surface area contributed by atoms with Gasteiger partial charge in [0.05, 0.1) is 11.5 Å². The molecule has 0 unspecified atom stereocenters. The highest BCUT2D eigenvalue weighted by atomic mass is 32.2. The third-order valence-corrected chi connectivity index (χ3v) is 7.41. The number of sulfonamides is 1. The molecule has 0 spiro atoms. The van der Waals surface area contributed by atoms with Crippen molar-refractivity contribution in [3.8, 4) is 5.75 Å². The average Bonchev–Trinajstić information content (AvgIpc) is 2.86. The van der Waals surface area contributed by atoms with Gasteiger partial charge < -0.3 is 14.9 Å². The van der Waals surface area contributed by atoms with Crippen LogP contribution >= 0.6 is 0 Å². The van der Waals surface area contributed by atoms with Crippen molar-refractivity contribution < 1.29 is 33.0 Å². The van der Waals surface area contributed by atoms with Crippen molar-refractivity contribution in [1.82, 2.24) is 9.21 Å². The minimum Gasteiger partial charge on any atom is -0.494 e. The molecule has 0 amide bonds. The van der Waals surface area contributed by atoms with Crippen molar-refractivity contribution in [3.63, 3.8) is 0 Å². The molecule has 1 fully saturated rings. The summed E-state index contributed by atoms with van der Waals surface area (Å²) in [6.45, 7) is 5.90. The van der Waals surface area contributed by atoms with Gasteiger partial charge in [-0.3, -0.25) is 4.90 Å². The highest BCUT2D eigenvalue weighted by molar-refractivity contribution is 7.89. The molecule has 0 aromatic heterocycles. The van der Waals surface area contributed by atoms with E-state index in [9.17, 15) is 8.42 Å². The van der Waals surface area contributed by atoms with Crippen LogP contribution in [0.5, 0.6) is 5.75 Å². The molecule has 1 heterocycles. The first-order valence-corrected chi connectivity index (χ1v) is 12.5. The lowest BCUT2D eigenvalue weighted by Gasteiger charge is -2.34. The van der Waals surface area contributed by atoms with Crippen molar-refractivity contribution in [2.75, 3.05) is 32.8 Å². The normalized spacial score (nSPS) is 14.7. The zero-order chi connectivity index (χ0) is 25.4. The summed E-state index contributed by atoms with van der Waals surface area (Å²) in [7, 11) is -3.47. The molecule has 186 valence electrons. The number of carboxylic acids is 2. The molecule has 0 bridgehead atoms. The van der Waals surface area contributed by atoms with Crippen LogP contribution in [0.15, 0.2) is 71.6 Å². The topological polar surface area (TPSA) is 124 Å². The summed E-state index contributed by atoms with van der Waals surface area (Å²) in [5.41, 5.74) is 1.21. The van der Waals surface area contributed by atoms with Gasteiger partial charge in [0.15, 0.2) is 0 Å². The molecule has 3 aromatic rings. The van der Waals surface area contributed by atoms with Gasteiger partial charge in [-0.25, -0.2) is 18.0 Å². The van der Waals surface area contributed by atoms with Crippen molar-refractivity contribution >= 4 is 32.7 Å². The predicted molar refractivity (Wildman–Crippen MR) is 131 cm³/mol. The van der Waals surface area contributed by atoms with Gasteiger partial charge in [0.25, 0.3) is 0 Å². The molecule has 10 heteroatoms. The molecule has 0 aliphatic carbocycles. The van der Waals surface area contributed by atoms with Crippen LogP contribution in [-0.4, -0.2) is 72.6 Å². The van der Waals surface area contributed by atoms with Gasteiger partial charge >= 0.3 is 11.9 Å². The maximum absolute atomic E-state index is 13.1. The minimum absolute atomic E-state index is 0.371. The highest BCUT2D eigenvalue weighted by Gasteiger charge is 2.28. The lowest BCUT2D eigenvalue weighted by Crippen LogP contribution is -2.48. The highest BCUT2D eigenvalue weighted by Crippen LogP contribution is 2.23. The molecule has 9 nitrogen and oxygen atoms in total. The fraction of sp³-hybridized carbons (Fsp3) is 0.280. The predicted octanol–water partition coefficient (Wildman–Crippen LogP) is 2.90. The Morgan fingerprint density at radius 2 is 1.46 bits per heavy atom. The Balaban J connectivity index is 0.000000509. The van der Waals surface area contributed by atoms with Gasteiger partial charge in [-0.2, -0.15) is 4.31 Å². The van der Waals surface area contributed by atoms with E-state index in [1.165, 1.54) is 5.56 Å². The number of benzene rings is 3. The van der Waals surface area contributed by atoms with Gasteiger partial charge in [0, 0.05) is 32.7 Å². The van der Waals surface area contributed by atoms with Crippen LogP contribution in [0, 0.1) is 0 Å². The summed E-state index contributed by atoms with van der Waals surface area (Å²) in [6, 6.07) is 21.3. The van der Waals surface area contributed by atoms with E-state index >= 15 is 0 Å². The molecular formula is C25H28N2O7S. The summed E-state index contributed by atoms with van der Waals surface area (Å²) < 4.78 is 33.3. The number of rotatable bonds is 6. The molecule has 3 aromatic carbocycles. The summed E-state index contributed by atoms with van der Waals surface area (Å²) >= 11 is 0. The van der Waals surface area contributed by atoms with Gasteiger partial charge in [-0.05, 0) is 47.5 Å². The number of hydrogen-bond acceptors (Lipinski definition) is 6. The Hall–Kier alpha value is -3.47. The molecule has 0 atom stereocenters. The van der Waals surface area contributed by atoms with Gasteiger partial charge in [0.1, 0.15) is 5.75 Å². The number of fused-ring (bicyclic) bond motifs is 1. The summed E-state index contributed by atoms with van der Waals surface area (Å²) in [6.07, 6.45) is 0. The lowest BCUT2D eigenvalue weighted by molar-refractivity contribution is -0.159. The van der Waals surface area contributed by atoms with E-state index in [-0.39, 0.29) is 0 Å². The van der Waals surface area contributed by atoms with Crippen LogP contribution in [0.3, 0.4) is 0 Å². The number of carbonyl (C=O) groups is 2. The lowest BCUT2D eigenvalue weighted by atomic mass is 10.1. The maximum atomic E-state index is 13.1. The second-order valence-corrected chi connectivity index (χ2v) is 9.81. The van der Waals surface area contributed by atoms with Crippen LogP contribution < -0.4 is 4.74 Å². The molecule has 35 heavy (non-hydrogen) atoms. The number of carboxylic acid groups (broad SMARTS) is 2. The zero-order valence-corrected chi connectivity index (χ0v) is 20.1. The molecule has 1 aliphatic rings. The van der Waals surface area contributed by atoms with E-state index in [2.05, 4.69) is 17.0 Å². The third-order valence-electron chi connectivity index (χ3n) is 5.51. The van der Waals surface area contributed by atoms with Gasteiger partial charge in [-0.15, -0.1) is 0 Å². The van der Waals surface area contributed by atoms with E-state index in [1.54, 1.807) is 16.4 Å². The summed E-state index contributed by atoms with van der Waals surface area (Å²) in [5, 5.41) is 16.8. The first-order chi connectivity index (χ1) is 16.7. The molecule has 2 N–H and O–H groups in total. The van der Waals surface area contributed by atoms with Crippen molar-refractivity contribution in [3.05, 3.63) is 72.3 Å². The standard InChI is InChI=1S/C23H26N2O3S.C2H2O4/c1-2-28-22-10-7-19(8-11-22)18-24-13-15-25(16-14-24)29(26,27)23-12-9-20-5-3-4-6-21(20)17-23;3-1(4)2(5)6/h3-12,17H,2,13-16,18H2,1H3;(H,3,4)(H,5,6). The number of hydrogen-bond donors (Lipinski definition) is 2. The van der Waals surface area contributed by atoms with E-state index < -0.39 is 22.0 Å². The van der Waals surface area contributed by atoms with Crippen LogP contribution in [0.2, 0.25) is 0 Å². The van der Waals surface area contributed by atoms with Crippen LogP contribution in [0.25, 0.3) is 10.8 Å². The number of ether oxygens (including phenoxy) is 1. The molecule has 1 saturated heterocycles. The Morgan fingerprint density at radius 1 is 0.857 bits per heavy atom. The fourth-order valence-electron chi connectivity index (χ4n) is 3.72. The molecule has 4 rings (SSSR count). The second-order valence-electron chi connectivity index (χ2n) is 7.88. The molecular weight excluding hydrogens is 472 g/mol. The smallest absolute Gasteiger partial charge is 0.414 e. The SMILES string of the molecule is CCOc1ccc(CN2CCN(S(=O)(=O)c3ccc4ccccc4c3)CC2)cc1.O=C(O)C(=O)O. The Morgan fingerprint density at radius 3 is 2.03 bits per heavy atom. The fourth-order valence-corrected chi connectivity index (χ4v) is 5.18. The van der Waals surface area contributed by atoms with E-state index in [0.29, 0.717) is 24.6 Å². The summed E-state index contributed by atoms with van der Waals surface area (Å²) in [4.78, 5) is 20.9. The molecule has 0 radical (unpaired) electrons. The van der Waals surface area contributed by atoms with E-state index in [1.807, 2.05) is 49.4 Å². The van der Waals surface area contributed by atoms with Crippen LogP contribution in [0.4, 0.5) is 0 Å². The second kappa shape index (κ2) is 11.8. The Kier molecular flexibility index (Phi) is 8.80. The average molecular weight is 501 g/mol. The Labute approximate surface area is 204 Å². The zero-order valence-electron chi connectivity index (χ0n) is 19.3. The Bertz CT molecular complexity index is 1260. The first kappa shape index (κ1) is 26.1. The van der Waals surface area contributed by atoms with Crippen molar-refractivity contribution in [1.29, 1.82) is 0 Å².